The summed E-state index contributed by atoms with van der Waals surface area (Å²) in [7, 11) is -9.93. The van der Waals surface area contributed by atoms with Gasteiger partial charge in [0.1, 0.15) is 19.3 Å². The minimum Gasteiger partial charge on any atom is -0.462 e. The maximum atomic E-state index is 13.1. The van der Waals surface area contributed by atoms with Crippen LogP contribution in [0, 0.1) is 11.8 Å². The number of aliphatic hydroxyl groups excluding tert-OH is 1. The maximum Gasteiger partial charge on any atom is 0.472 e. The Morgan fingerprint density at radius 3 is 0.845 bits per heavy atom. The van der Waals surface area contributed by atoms with E-state index in [-0.39, 0.29) is 25.7 Å². The smallest absolute Gasteiger partial charge is 0.462 e. The van der Waals surface area contributed by atoms with Crippen molar-refractivity contribution in [2.45, 2.75) is 400 Å². The summed E-state index contributed by atoms with van der Waals surface area (Å²) in [5, 5.41) is 10.6. The molecule has 0 spiro atoms. The van der Waals surface area contributed by atoms with Gasteiger partial charge in [0, 0.05) is 25.7 Å². The lowest BCUT2D eigenvalue weighted by molar-refractivity contribution is -0.161. The lowest BCUT2D eigenvalue weighted by Gasteiger charge is -2.21. The van der Waals surface area contributed by atoms with E-state index in [9.17, 15) is 43.2 Å². The van der Waals surface area contributed by atoms with Crippen LogP contribution in [0.25, 0.3) is 0 Å². The molecule has 0 aromatic rings. The Morgan fingerprint density at radius 2 is 0.557 bits per heavy atom. The summed E-state index contributed by atoms with van der Waals surface area (Å²) in [4.78, 5) is 72.9. The monoisotopic (exact) mass is 1420 g/mol. The largest absolute Gasteiger partial charge is 0.472 e. The summed E-state index contributed by atoms with van der Waals surface area (Å²) in [5.74, 6) is -0.669. The van der Waals surface area contributed by atoms with E-state index in [1.807, 2.05) is 0 Å². The number of phosphoric ester groups is 2. The number of carbonyl (C=O) groups excluding carboxylic acids is 4. The molecule has 3 N–H and O–H groups in total. The topological polar surface area (TPSA) is 237 Å². The highest BCUT2D eigenvalue weighted by molar-refractivity contribution is 7.47. The lowest BCUT2D eigenvalue weighted by Crippen LogP contribution is -2.30. The summed E-state index contributed by atoms with van der Waals surface area (Å²) in [6, 6.07) is 0. The van der Waals surface area contributed by atoms with Crippen molar-refractivity contribution in [1.29, 1.82) is 0 Å². The van der Waals surface area contributed by atoms with E-state index in [2.05, 4.69) is 65.8 Å². The quantitative estimate of drug-likeness (QED) is 0.0169. The molecule has 0 aliphatic carbocycles. The molecule has 19 heteroatoms. The fraction of sp³-hybridized carbons (Fsp3) is 0.897. The van der Waals surface area contributed by atoms with E-state index in [1.165, 1.54) is 180 Å². The molecule has 2 unspecified atom stereocenters. The van der Waals surface area contributed by atoms with Crippen LogP contribution >= 0.6 is 15.6 Å². The fourth-order valence-corrected chi connectivity index (χ4v) is 13.0. The average Bonchev–Trinajstić information content (AvgIpc) is 1.26. The molecule has 0 aromatic heterocycles. The minimum atomic E-state index is -4.97. The zero-order valence-corrected chi connectivity index (χ0v) is 64.7. The minimum absolute atomic E-state index is 0.101. The van der Waals surface area contributed by atoms with Crippen LogP contribution in [0.3, 0.4) is 0 Å². The molecule has 0 heterocycles. The highest BCUT2D eigenvalue weighted by Gasteiger charge is 2.30. The van der Waals surface area contributed by atoms with E-state index < -0.39 is 97.5 Å². The van der Waals surface area contributed by atoms with Crippen molar-refractivity contribution in [3.63, 3.8) is 0 Å². The number of allylic oxidation sites excluding steroid dienone is 4. The molecule has 572 valence electrons. The third-order valence-corrected chi connectivity index (χ3v) is 19.5. The normalized spacial score (nSPS) is 14.1. The molecule has 0 aromatic carbocycles. The molecule has 0 aliphatic rings. The summed E-state index contributed by atoms with van der Waals surface area (Å²) in [6.45, 7) is 9.50. The van der Waals surface area contributed by atoms with E-state index in [0.29, 0.717) is 25.7 Å². The van der Waals surface area contributed by atoms with Gasteiger partial charge in [-0.2, -0.15) is 0 Å². The van der Waals surface area contributed by atoms with Crippen molar-refractivity contribution in [3.05, 3.63) is 24.3 Å². The van der Waals surface area contributed by atoms with Crippen LogP contribution in [0.1, 0.15) is 382 Å². The number of hydrogen-bond donors (Lipinski definition) is 3. The molecule has 0 bridgehead atoms. The summed E-state index contributed by atoms with van der Waals surface area (Å²) in [6.07, 6.45) is 60.5. The highest BCUT2D eigenvalue weighted by atomic mass is 31.2. The second-order valence-corrected chi connectivity index (χ2v) is 31.3. The molecule has 0 aliphatic heterocycles. The van der Waals surface area contributed by atoms with Crippen molar-refractivity contribution in [3.8, 4) is 0 Å². The van der Waals surface area contributed by atoms with Crippen molar-refractivity contribution in [2.24, 2.45) is 11.8 Å². The van der Waals surface area contributed by atoms with Crippen molar-refractivity contribution in [1.82, 2.24) is 0 Å². The Balaban J connectivity index is 5.29. The van der Waals surface area contributed by atoms with E-state index >= 15 is 0 Å². The Bertz CT molecular complexity index is 1970. The molecule has 0 saturated carbocycles. The Labute approximate surface area is 592 Å². The second-order valence-electron chi connectivity index (χ2n) is 28.4. The van der Waals surface area contributed by atoms with Crippen LogP contribution in [0.4, 0.5) is 0 Å². The number of phosphoric acid groups is 2. The predicted octanol–water partition coefficient (Wildman–Crippen LogP) is 22.7. The van der Waals surface area contributed by atoms with Gasteiger partial charge in [0.15, 0.2) is 12.2 Å². The average molecular weight is 1420 g/mol. The summed E-state index contributed by atoms with van der Waals surface area (Å²) >= 11 is 0. The standard InChI is InChI=1S/C78H148O17P2/c1-7-9-11-13-15-17-19-21-23-24-25-27-29-31-36-44-50-56-62-77(82)94-73(66-88-75(80)60-54-48-42-35-30-28-26-22-20-18-16-14-12-10-8-2)68-92-96(84,85)90-64-72(79)65-91-97(86,87)93-69-74(67-89-76(81)61-55-49-43-39-38-41-47-53-59-71(5)6)95-78(83)63-57-51-45-37-33-32-34-40-46-52-58-70(3)4/h18,20,22,26,70-74,79H,7-17,19,21,23-25,27-69H2,1-6H3,(H,84,85)(H,86,87)/b20-18-,26-22-/t72-,73-,74-/m1/s1. The SMILES string of the molecule is CCCCCC/C=C\C=C/CCCCCCCC(=O)OC[C@H](COP(=O)(O)OC[C@@H](O)COP(=O)(O)OC[C@@H](COC(=O)CCCCCCCCCCC(C)C)OC(=O)CCCCCCCCCCCCC(C)C)OC(=O)CCCCCCCCCCCCCCCCCCCC. The van der Waals surface area contributed by atoms with Gasteiger partial charge in [-0.15, -0.1) is 0 Å². The number of aliphatic hydroxyl groups is 1. The highest BCUT2D eigenvalue weighted by Crippen LogP contribution is 2.45. The Kier molecular flexibility index (Phi) is 67.5. The van der Waals surface area contributed by atoms with Gasteiger partial charge in [-0.05, 0) is 63.2 Å². The first-order chi connectivity index (χ1) is 46.9. The van der Waals surface area contributed by atoms with Crippen molar-refractivity contribution >= 4 is 39.5 Å². The van der Waals surface area contributed by atoms with Crippen LogP contribution in [0.5, 0.6) is 0 Å². The first-order valence-electron chi connectivity index (χ1n) is 39.8. The molecule has 5 atom stereocenters. The number of ether oxygens (including phenoxy) is 4. The van der Waals surface area contributed by atoms with Crippen LogP contribution in [-0.2, 0) is 65.4 Å². The van der Waals surface area contributed by atoms with E-state index in [4.69, 9.17) is 37.0 Å². The molecule has 0 amide bonds. The molecule has 0 rings (SSSR count). The molecule has 0 saturated heterocycles. The first-order valence-corrected chi connectivity index (χ1v) is 42.8. The number of hydrogen-bond acceptors (Lipinski definition) is 15. The van der Waals surface area contributed by atoms with Gasteiger partial charge in [0.25, 0.3) is 0 Å². The number of unbranched alkanes of at least 4 members (excludes halogenated alkanes) is 42. The van der Waals surface area contributed by atoms with Gasteiger partial charge >= 0.3 is 39.5 Å². The number of esters is 4. The van der Waals surface area contributed by atoms with E-state index in [1.54, 1.807) is 0 Å². The van der Waals surface area contributed by atoms with Gasteiger partial charge in [-0.3, -0.25) is 37.3 Å². The molecular formula is C78H148O17P2. The second kappa shape index (κ2) is 69.3. The van der Waals surface area contributed by atoms with Crippen LogP contribution in [0.15, 0.2) is 24.3 Å². The third kappa shape index (κ3) is 71.7. The Hall–Kier alpha value is -2.46. The van der Waals surface area contributed by atoms with Crippen LogP contribution < -0.4 is 0 Å². The molecule has 97 heavy (non-hydrogen) atoms. The van der Waals surface area contributed by atoms with Gasteiger partial charge in [-0.25, -0.2) is 9.13 Å². The van der Waals surface area contributed by atoms with Gasteiger partial charge < -0.3 is 33.8 Å². The predicted molar refractivity (Wildman–Crippen MR) is 395 cm³/mol. The molecular weight excluding hydrogens is 1270 g/mol. The zero-order valence-electron chi connectivity index (χ0n) is 62.9. The Morgan fingerprint density at radius 1 is 0.320 bits per heavy atom. The lowest BCUT2D eigenvalue weighted by atomic mass is 10.0. The van der Waals surface area contributed by atoms with Crippen molar-refractivity contribution in [2.75, 3.05) is 39.6 Å². The molecule has 0 radical (unpaired) electrons. The fourth-order valence-electron chi connectivity index (χ4n) is 11.5. The first kappa shape index (κ1) is 94.5. The number of rotatable bonds is 75. The molecule has 17 nitrogen and oxygen atoms in total. The van der Waals surface area contributed by atoms with E-state index in [0.717, 1.165) is 121 Å². The zero-order chi connectivity index (χ0) is 71.4. The van der Waals surface area contributed by atoms with Crippen LogP contribution in [-0.4, -0.2) is 96.7 Å². The van der Waals surface area contributed by atoms with Gasteiger partial charge in [0.2, 0.25) is 0 Å². The molecule has 0 fully saturated rings. The van der Waals surface area contributed by atoms with Crippen LogP contribution in [0.2, 0.25) is 0 Å². The summed E-state index contributed by atoms with van der Waals surface area (Å²) in [5.41, 5.74) is 0. The van der Waals surface area contributed by atoms with Gasteiger partial charge in [-0.1, -0.05) is 329 Å². The third-order valence-electron chi connectivity index (χ3n) is 17.6. The maximum absolute atomic E-state index is 13.1. The summed E-state index contributed by atoms with van der Waals surface area (Å²) < 4.78 is 68.6. The number of carbonyl (C=O) groups is 4. The van der Waals surface area contributed by atoms with Gasteiger partial charge in [0.05, 0.1) is 26.4 Å². The van der Waals surface area contributed by atoms with Crippen molar-refractivity contribution < 1.29 is 80.2 Å².